The van der Waals surface area contributed by atoms with Crippen molar-refractivity contribution >= 4 is 44.4 Å². The maximum Gasteiger partial charge on any atom is 0.130 e. The largest absolute Gasteiger partial charge is 0.359 e. The standard InChI is InChI=1S/C50H37N3/c1-34-14-12-20-40(36-26-28-37(29-27-36)50-51-45-22-9-11-24-48(45)52(50)39-17-6-3-7-18-39)41-21-13-25-47(44(41)32-34)53-46-23-10-8-19-42(46)43-31-30-38(33-49(43)53)35-15-4-2-5-16-35/h2-31,33,50-51H,1,32H2/b14-12-,40-20-. The molecule has 0 radical (unpaired) electrons. The van der Waals surface area contributed by atoms with Gasteiger partial charge in [0.25, 0.3) is 0 Å². The summed E-state index contributed by atoms with van der Waals surface area (Å²) in [4.78, 5) is 2.39. The van der Waals surface area contributed by atoms with E-state index in [4.69, 9.17) is 0 Å². The zero-order valence-electron chi connectivity index (χ0n) is 29.3. The summed E-state index contributed by atoms with van der Waals surface area (Å²) in [5.74, 6) is 0. The van der Waals surface area contributed by atoms with Crippen molar-refractivity contribution in [1.29, 1.82) is 0 Å². The first-order valence-corrected chi connectivity index (χ1v) is 18.3. The molecule has 0 bridgehead atoms. The molecule has 2 heterocycles. The Hall–Kier alpha value is -6.84. The van der Waals surface area contributed by atoms with Gasteiger partial charge in [-0.2, -0.15) is 0 Å². The topological polar surface area (TPSA) is 20.2 Å². The Balaban J connectivity index is 1.10. The highest BCUT2D eigenvalue weighted by Gasteiger charge is 2.31. The van der Waals surface area contributed by atoms with Gasteiger partial charge in [0.05, 0.1) is 28.1 Å². The molecule has 10 rings (SSSR count). The fraction of sp³-hybridized carbons (Fsp3) is 0.0400. The van der Waals surface area contributed by atoms with Crippen molar-refractivity contribution in [2.24, 2.45) is 0 Å². The van der Waals surface area contributed by atoms with Crippen molar-refractivity contribution < 1.29 is 0 Å². The van der Waals surface area contributed by atoms with Gasteiger partial charge in [0, 0.05) is 16.5 Å². The molecule has 1 atom stereocenters. The van der Waals surface area contributed by atoms with Crippen molar-refractivity contribution in [1.82, 2.24) is 4.57 Å². The summed E-state index contributed by atoms with van der Waals surface area (Å²) in [6.45, 7) is 4.48. The van der Waals surface area contributed by atoms with Gasteiger partial charge in [-0.05, 0) is 87.8 Å². The summed E-state index contributed by atoms with van der Waals surface area (Å²) in [7, 11) is 0. The number of aromatic nitrogens is 1. The van der Waals surface area contributed by atoms with Gasteiger partial charge in [-0.1, -0.05) is 158 Å². The molecule has 3 heteroatoms. The zero-order chi connectivity index (χ0) is 35.3. The van der Waals surface area contributed by atoms with Crippen molar-refractivity contribution in [3.63, 3.8) is 0 Å². The first-order chi connectivity index (χ1) is 26.2. The van der Waals surface area contributed by atoms with Gasteiger partial charge >= 0.3 is 0 Å². The molecule has 3 nitrogen and oxygen atoms in total. The predicted molar refractivity (Wildman–Crippen MR) is 223 cm³/mol. The van der Waals surface area contributed by atoms with Gasteiger partial charge in [0.15, 0.2) is 0 Å². The molecule has 1 unspecified atom stereocenters. The SMILES string of the molecule is C=C1/C=C\C=C(\c2ccc(C3Nc4ccccc4N3c3ccccc3)cc2)c2cccc(-n3c4ccccc4c4ccc(-c5ccccc5)cc43)c2C1. The molecule has 0 amide bonds. The Bertz CT molecular complexity index is 2730. The van der Waals surface area contributed by atoms with Crippen LogP contribution in [-0.4, -0.2) is 4.57 Å². The van der Waals surface area contributed by atoms with Gasteiger partial charge in [-0.3, -0.25) is 0 Å². The lowest BCUT2D eigenvalue weighted by atomic mass is 9.87. The van der Waals surface area contributed by atoms with E-state index in [-0.39, 0.29) is 6.17 Å². The second kappa shape index (κ2) is 12.7. The van der Waals surface area contributed by atoms with Crippen LogP contribution in [0.2, 0.25) is 0 Å². The average Bonchev–Trinajstić information content (AvgIpc) is 3.76. The summed E-state index contributed by atoms with van der Waals surface area (Å²) in [6, 6.07) is 61.4. The van der Waals surface area contributed by atoms with E-state index in [2.05, 4.69) is 209 Å². The normalized spacial score (nSPS) is 16.7. The van der Waals surface area contributed by atoms with Crippen LogP contribution < -0.4 is 10.2 Å². The molecule has 0 saturated carbocycles. The Labute approximate surface area is 310 Å². The first-order valence-electron chi connectivity index (χ1n) is 18.3. The van der Waals surface area contributed by atoms with E-state index in [9.17, 15) is 0 Å². The molecule has 1 aromatic heterocycles. The molecule has 0 saturated heterocycles. The average molecular weight is 680 g/mol. The predicted octanol–water partition coefficient (Wildman–Crippen LogP) is 12.8. The third-order valence-corrected chi connectivity index (χ3v) is 10.7. The van der Waals surface area contributed by atoms with Crippen LogP contribution in [0.3, 0.4) is 0 Å². The van der Waals surface area contributed by atoms with Gasteiger partial charge in [-0.25, -0.2) is 0 Å². The number of nitrogens with one attached hydrogen (secondary N) is 1. The maximum atomic E-state index is 4.48. The number of allylic oxidation sites excluding steroid dienone is 4. The van der Waals surface area contributed by atoms with Gasteiger partial charge in [-0.15, -0.1) is 0 Å². The number of hydrogen-bond acceptors (Lipinski definition) is 2. The van der Waals surface area contributed by atoms with E-state index in [1.165, 1.54) is 72.1 Å². The quantitative estimate of drug-likeness (QED) is 0.195. The zero-order valence-corrected chi connectivity index (χ0v) is 29.3. The van der Waals surface area contributed by atoms with Gasteiger partial charge in [0.1, 0.15) is 6.17 Å². The van der Waals surface area contributed by atoms with E-state index in [0.29, 0.717) is 0 Å². The molecular weight excluding hydrogens is 643 g/mol. The van der Waals surface area contributed by atoms with Crippen LogP contribution in [0.1, 0.15) is 28.4 Å². The highest BCUT2D eigenvalue weighted by Crippen LogP contribution is 2.46. The fourth-order valence-electron chi connectivity index (χ4n) is 8.28. The molecule has 1 aliphatic heterocycles. The second-order valence-corrected chi connectivity index (χ2v) is 13.9. The third kappa shape index (κ3) is 5.29. The van der Waals surface area contributed by atoms with Crippen LogP contribution in [0.5, 0.6) is 0 Å². The van der Waals surface area contributed by atoms with Crippen LogP contribution in [0.4, 0.5) is 17.1 Å². The number of nitrogens with zero attached hydrogens (tertiary/aromatic N) is 2. The van der Waals surface area contributed by atoms with E-state index in [1.54, 1.807) is 0 Å². The number of hydrogen-bond donors (Lipinski definition) is 1. The van der Waals surface area contributed by atoms with Crippen LogP contribution >= 0.6 is 0 Å². The maximum absolute atomic E-state index is 4.48. The molecular formula is C50H37N3. The lowest BCUT2D eigenvalue weighted by molar-refractivity contribution is 0.828. The van der Waals surface area contributed by atoms with Crippen LogP contribution in [0.15, 0.2) is 200 Å². The molecule has 8 aromatic rings. The van der Waals surface area contributed by atoms with E-state index in [1.807, 2.05) is 0 Å². The number of anilines is 3. The number of benzene rings is 7. The van der Waals surface area contributed by atoms with Gasteiger partial charge in [0.2, 0.25) is 0 Å². The smallest absolute Gasteiger partial charge is 0.130 e. The van der Waals surface area contributed by atoms with Crippen LogP contribution in [-0.2, 0) is 6.42 Å². The lowest BCUT2D eigenvalue weighted by Crippen LogP contribution is -2.23. The highest BCUT2D eigenvalue weighted by molar-refractivity contribution is 6.10. The molecule has 252 valence electrons. The van der Waals surface area contributed by atoms with Crippen LogP contribution in [0, 0.1) is 0 Å². The molecule has 7 aromatic carbocycles. The van der Waals surface area contributed by atoms with Crippen LogP contribution in [0.25, 0.3) is 44.2 Å². The van der Waals surface area contributed by atoms with E-state index in [0.717, 1.165) is 23.4 Å². The summed E-state index contributed by atoms with van der Waals surface area (Å²) in [5, 5.41) is 6.29. The summed E-state index contributed by atoms with van der Waals surface area (Å²) < 4.78 is 2.47. The number of fused-ring (bicyclic) bond motifs is 5. The Morgan fingerprint density at radius 1 is 0.566 bits per heavy atom. The minimum Gasteiger partial charge on any atom is -0.359 e. The molecule has 0 fully saturated rings. The Morgan fingerprint density at radius 3 is 2.11 bits per heavy atom. The minimum absolute atomic E-state index is 0.0200. The molecule has 1 aliphatic carbocycles. The molecule has 0 spiro atoms. The monoisotopic (exact) mass is 679 g/mol. The Kier molecular flexibility index (Phi) is 7.43. The highest BCUT2D eigenvalue weighted by atomic mass is 15.3. The number of rotatable bonds is 5. The third-order valence-electron chi connectivity index (χ3n) is 10.7. The molecule has 53 heavy (non-hydrogen) atoms. The van der Waals surface area contributed by atoms with Crippen molar-refractivity contribution in [3.8, 4) is 16.8 Å². The lowest BCUT2D eigenvalue weighted by Gasteiger charge is -2.27. The summed E-state index contributed by atoms with van der Waals surface area (Å²) >= 11 is 0. The second-order valence-electron chi connectivity index (χ2n) is 13.9. The van der Waals surface area contributed by atoms with E-state index < -0.39 is 0 Å². The first kappa shape index (κ1) is 30.9. The van der Waals surface area contributed by atoms with Crippen molar-refractivity contribution in [3.05, 3.63) is 222 Å². The number of para-hydroxylation sites is 4. The summed E-state index contributed by atoms with van der Waals surface area (Å²) in [6.07, 6.45) is 7.29. The van der Waals surface area contributed by atoms with Crippen molar-refractivity contribution in [2.45, 2.75) is 12.6 Å². The fourth-order valence-corrected chi connectivity index (χ4v) is 8.28. The Morgan fingerprint density at radius 2 is 1.26 bits per heavy atom. The minimum atomic E-state index is -0.0200. The van der Waals surface area contributed by atoms with Crippen molar-refractivity contribution in [2.75, 3.05) is 10.2 Å². The molecule has 2 aliphatic rings. The molecule has 1 N–H and O–H groups in total. The van der Waals surface area contributed by atoms with E-state index >= 15 is 0 Å². The summed E-state index contributed by atoms with van der Waals surface area (Å²) in [5.41, 5.74) is 16.7. The van der Waals surface area contributed by atoms with Gasteiger partial charge < -0.3 is 14.8 Å².